The zero-order valence-corrected chi connectivity index (χ0v) is 10.7. The first-order valence-electron chi connectivity index (χ1n) is 6.28. The molecule has 2 heterocycles. The Morgan fingerprint density at radius 3 is 2.78 bits per heavy atom. The van der Waals surface area contributed by atoms with Crippen LogP contribution in [0.4, 0.5) is 0 Å². The fourth-order valence-electron chi connectivity index (χ4n) is 3.04. The summed E-state index contributed by atoms with van der Waals surface area (Å²) in [6.07, 6.45) is 4.24. The van der Waals surface area contributed by atoms with Crippen molar-refractivity contribution in [1.29, 1.82) is 5.26 Å². The van der Waals surface area contributed by atoms with Crippen LogP contribution in [0.1, 0.15) is 35.4 Å². The standard InChI is InChI=1S/C14H15N3O/c1-9-7-13(18)16(2)14-11(8-15)10-5-3-4-6-12(10)17(9)14/h7H,3-6H2,1-2H3. The lowest BCUT2D eigenvalue weighted by Crippen LogP contribution is -2.20. The molecule has 0 bridgehead atoms. The van der Waals surface area contributed by atoms with Crippen LogP contribution in [0.5, 0.6) is 0 Å². The third kappa shape index (κ3) is 1.28. The number of aryl methyl sites for hydroxylation is 3. The molecule has 2 aromatic rings. The van der Waals surface area contributed by atoms with Gasteiger partial charge in [-0.3, -0.25) is 9.36 Å². The Morgan fingerprint density at radius 1 is 1.33 bits per heavy atom. The zero-order chi connectivity index (χ0) is 12.9. The minimum Gasteiger partial charge on any atom is -0.303 e. The first-order valence-corrected chi connectivity index (χ1v) is 6.28. The van der Waals surface area contributed by atoms with Crippen LogP contribution in [0.25, 0.3) is 5.65 Å². The van der Waals surface area contributed by atoms with Crippen molar-refractivity contribution in [3.05, 3.63) is 38.9 Å². The van der Waals surface area contributed by atoms with Gasteiger partial charge in [0.15, 0.2) is 0 Å². The first-order chi connectivity index (χ1) is 8.65. The molecule has 4 nitrogen and oxygen atoms in total. The lowest BCUT2D eigenvalue weighted by atomic mass is 9.95. The zero-order valence-electron chi connectivity index (χ0n) is 10.7. The molecule has 0 fully saturated rings. The molecule has 0 aromatic carbocycles. The highest BCUT2D eigenvalue weighted by Crippen LogP contribution is 2.29. The average molecular weight is 241 g/mol. The van der Waals surface area contributed by atoms with Gasteiger partial charge in [0.05, 0.1) is 5.56 Å². The monoisotopic (exact) mass is 241 g/mol. The second kappa shape index (κ2) is 3.74. The lowest BCUT2D eigenvalue weighted by Gasteiger charge is -2.13. The topological polar surface area (TPSA) is 50.2 Å². The van der Waals surface area contributed by atoms with Crippen molar-refractivity contribution in [3.63, 3.8) is 0 Å². The number of nitriles is 1. The Balaban J connectivity index is 2.58. The van der Waals surface area contributed by atoms with Crippen LogP contribution in [0.2, 0.25) is 0 Å². The fourth-order valence-corrected chi connectivity index (χ4v) is 3.04. The maximum absolute atomic E-state index is 11.9. The molecule has 1 aliphatic carbocycles. The van der Waals surface area contributed by atoms with Crippen LogP contribution in [0, 0.1) is 18.3 Å². The third-order valence-corrected chi connectivity index (χ3v) is 3.89. The maximum atomic E-state index is 11.9. The summed E-state index contributed by atoms with van der Waals surface area (Å²) in [4.78, 5) is 11.9. The Bertz CT molecular complexity index is 743. The molecule has 0 saturated heterocycles. The van der Waals surface area contributed by atoms with Crippen LogP contribution in [-0.4, -0.2) is 8.97 Å². The predicted octanol–water partition coefficient (Wildman–Crippen LogP) is 1.70. The van der Waals surface area contributed by atoms with Gasteiger partial charge in [0.2, 0.25) is 0 Å². The molecule has 0 spiro atoms. The number of aromatic nitrogens is 2. The van der Waals surface area contributed by atoms with Gasteiger partial charge < -0.3 is 4.40 Å². The number of hydrogen-bond acceptors (Lipinski definition) is 2. The van der Waals surface area contributed by atoms with E-state index < -0.39 is 0 Å². The molecule has 18 heavy (non-hydrogen) atoms. The van der Waals surface area contributed by atoms with E-state index in [1.165, 1.54) is 5.69 Å². The number of rotatable bonds is 0. The van der Waals surface area contributed by atoms with Crippen molar-refractivity contribution >= 4 is 5.65 Å². The minimum absolute atomic E-state index is 0.0497. The lowest BCUT2D eigenvalue weighted by molar-refractivity contribution is 0.663. The van der Waals surface area contributed by atoms with Gasteiger partial charge in [0.25, 0.3) is 5.56 Å². The van der Waals surface area contributed by atoms with Gasteiger partial charge in [-0.25, -0.2) is 0 Å². The summed E-state index contributed by atoms with van der Waals surface area (Å²) in [5, 5.41) is 9.41. The Kier molecular flexibility index (Phi) is 2.30. The van der Waals surface area contributed by atoms with Crippen molar-refractivity contribution in [2.75, 3.05) is 0 Å². The summed E-state index contributed by atoms with van der Waals surface area (Å²) >= 11 is 0. The molecule has 0 amide bonds. The van der Waals surface area contributed by atoms with Crippen molar-refractivity contribution in [1.82, 2.24) is 8.97 Å². The summed E-state index contributed by atoms with van der Waals surface area (Å²) in [6.45, 7) is 1.93. The number of nitrogens with zero attached hydrogens (tertiary/aromatic N) is 3. The smallest absolute Gasteiger partial charge is 0.253 e. The molecule has 1 aliphatic rings. The van der Waals surface area contributed by atoms with E-state index in [-0.39, 0.29) is 5.56 Å². The molecule has 0 unspecified atom stereocenters. The van der Waals surface area contributed by atoms with Crippen molar-refractivity contribution < 1.29 is 0 Å². The van der Waals surface area contributed by atoms with Gasteiger partial charge in [-0.15, -0.1) is 0 Å². The summed E-state index contributed by atoms with van der Waals surface area (Å²) in [7, 11) is 1.74. The van der Waals surface area contributed by atoms with Gasteiger partial charge in [0, 0.05) is 24.5 Å². The van der Waals surface area contributed by atoms with E-state index in [0.29, 0.717) is 5.56 Å². The van der Waals surface area contributed by atoms with Crippen LogP contribution in [-0.2, 0) is 19.9 Å². The van der Waals surface area contributed by atoms with Crippen molar-refractivity contribution in [2.24, 2.45) is 7.05 Å². The summed E-state index contributed by atoms with van der Waals surface area (Å²) in [5.41, 5.74) is 4.69. The van der Waals surface area contributed by atoms with Gasteiger partial charge >= 0.3 is 0 Å². The van der Waals surface area contributed by atoms with Crippen molar-refractivity contribution in [3.8, 4) is 6.07 Å². The van der Waals surface area contributed by atoms with Crippen LogP contribution in [0.15, 0.2) is 10.9 Å². The SMILES string of the molecule is Cc1cc(=O)n(C)c2c(C#N)c3c(n12)CCCC3. The van der Waals surface area contributed by atoms with Gasteiger partial charge in [-0.05, 0) is 38.2 Å². The third-order valence-electron chi connectivity index (χ3n) is 3.89. The molecule has 0 N–H and O–H groups in total. The highest BCUT2D eigenvalue weighted by molar-refractivity contribution is 5.65. The Morgan fingerprint density at radius 2 is 2.06 bits per heavy atom. The quantitative estimate of drug-likeness (QED) is 0.705. The predicted molar refractivity (Wildman–Crippen MR) is 68.7 cm³/mol. The van der Waals surface area contributed by atoms with E-state index in [1.54, 1.807) is 17.7 Å². The molecule has 3 rings (SSSR count). The molecule has 0 aliphatic heterocycles. The molecule has 2 aromatic heterocycles. The van der Waals surface area contributed by atoms with Crippen LogP contribution < -0.4 is 5.56 Å². The van der Waals surface area contributed by atoms with Crippen LogP contribution >= 0.6 is 0 Å². The number of fused-ring (bicyclic) bond motifs is 3. The highest BCUT2D eigenvalue weighted by Gasteiger charge is 2.23. The second-order valence-corrected chi connectivity index (χ2v) is 4.96. The van der Waals surface area contributed by atoms with Gasteiger partial charge in [-0.2, -0.15) is 5.26 Å². The summed E-state index contributed by atoms with van der Waals surface area (Å²) < 4.78 is 3.68. The minimum atomic E-state index is -0.0497. The van der Waals surface area contributed by atoms with Crippen LogP contribution in [0.3, 0.4) is 0 Å². The normalized spacial score (nSPS) is 14.5. The van der Waals surface area contributed by atoms with E-state index in [9.17, 15) is 10.1 Å². The summed E-state index contributed by atoms with van der Waals surface area (Å²) in [5.74, 6) is 0. The summed E-state index contributed by atoms with van der Waals surface area (Å²) in [6, 6.07) is 3.93. The van der Waals surface area contributed by atoms with E-state index in [2.05, 4.69) is 10.5 Å². The maximum Gasteiger partial charge on any atom is 0.253 e. The molecular weight excluding hydrogens is 226 g/mol. The van der Waals surface area contributed by atoms with Crippen molar-refractivity contribution in [2.45, 2.75) is 32.6 Å². The molecule has 0 atom stereocenters. The van der Waals surface area contributed by atoms with E-state index >= 15 is 0 Å². The molecule has 92 valence electrons. The molecular formula is C14H15N3O. The number of hydrogen-bond donors (Lipinski definition) is 0. The molecule has 4 heteroatoms. The second-order valence-electron chi connectivity index (χ2n) is 4.96. The largest absolute Gasteiger partial charge is 0.303 e. The first kappa shape index (κ1) is 11.1. The molecule has 0 radical (unpaired) electrons. The van der Waals surface area contributed by atoms with E-state index in [1.807, 2.05) is 6.92 Å². The average Bonchev–Trinajstić information content (AvgIpc) is 2.70. The highest BCUT2D eigenvalue weighted by atomic mass is 16.1. The van der Waals surface area contributed by atoms with E-state index in [4.69, 9.17) is 0 Å². The fraction of sp³-hybridized carbons (Fsp3) is 0.429. The Labute approximate surface area is 105 Å². The van der Waals surface area contributed by atoms with Gasteiger partial charge in [0.1, 0.15) is 11.7 Å². The Hall–Kier alpha value is -2.02. The van der Waals surface area contributed by atoms with Gasteiger partial charge in [-0.1, -0.05) is 0 Å². The van der Waals surface area contributed by atoms with E-state index in [0.717, 1.165) is 42.6 Å². The molecule has 0 saturated carbocycles.